The van der Waals surface area contributed by atoms with Gasteiger partial charge in [0.2, 0.25) is 5.79 Å². The molecule has 0 radical (unpaired) electrons. The predicted octanol–water partition coefficient (Wildman–Crippen LogP) is 0.446. The molecule has 3 heterocycles. The molecular weight excluding hydrogens is 338 g/mol. The van der Waals surface area contributed by atoms with E-state index < -0.39 is 5.79 Å². The van der Waals surface area contributed by atoms with Crippen LogP contribution in [-0.2, 0) is 5.79 Å². The third kappa shape index (κ3) is 3.95. The first-order valence-electron chi connectivity index (χ1n) is 9.90. The van der Waals surface area contributed by atoms with Gasteiger partial charge in [-0.25, -0.2) is 4.99 Å². The molecule has 0 aliphatic carbocycles. The van der Waals surface area contributed by atoms with Crippen molar-refractivity contribution in [1.29, 1.82) is 0 Å². The number of aliphatic imine (C=N–C) groups is 1. The van der Waals surface area contributed by atoms with Crippen molar-refractivity contribution in [2.75, 3.05) is 51.2 Å². The van der Waals surface area contributed by atoms with Crippen LogP contribution < -0.4 is 21.7 Å². The maximum Gasteiger partial charge on any atom is 0.211 e. The summed E-state index contributed by atoms with van der Waals surface area (Å²) in [6, 6.07) is 9.12. The first kappa shape index (κ1) is 18.3. The lowest BCUT2D eigenvalue weighted by molar-refractivity contribution is 0.0982. The molecule has 27 heavy (non-hydrogen) atoms. The average Bonchev–Trinajstić information content (AvgIpc) is 2.69. The lowest BCUT2D eigenvalue weighted by Crippen LogP contribution is -2.52. The molecule has 1 aromatic carbocycles. The Morgan fingerprint density at radius 1 is 1.04 bits per heavy atom. The summed E-state index contributed by atoms with van der Waals surface area (Å²) in [6.07, 6.45) is 5.93. The minimum Gasteiger partial charge on any atom is -0.384 e. The van der Waals surface area contributed by atoms with E-state index in [0.717, 1.165) is 24.7 Å². The topological polar surface area (TPSA) is 86.2 Å². The van der Waals surface area contributed by atoms with E-state index in [9.17, 15) is 0 Å². The van der Waals surface area contributed by atoms with Gasteiger partial charge in [0.15, 0.2) is 0 Å². The molecule has 1 aromatic rings. The van der Waals surface area contributed by atoms with Crippen molar-refractivity contribution < 1.29 is 0 Å². The highest BCUT2D eigenvalue weighted by molar-refractivity contribution is 5.92. The number of rotatable bonds is 3. The second kappa shape index (κ2) is 7.50. The molecule has 1 atom stereocenters. The Bertz CT molecular complexity index is 698. The zero-order valence-corrected chi connectivity index (χ0v) is 16.1. The van der Waals surface area contributed by atoms with Crippen LogP contribution >= 0.6 is 0 Å². The van der Waals surface area contributed by atoms with Crippen LogP contribution in [0, 0.1) is 0 Å². The third-order valence-corrected chi connectivity index (χ3v) is 6.05. The second-order valence-corrected chi connectivity index (χ2v) is 7.89. The summed E-state index contributed by atoms with van der Waals surface area (Å²) in [5.74, 6) is -0.544. The fourth-order valence-corrected chi connectivity index (χ4v) is 4.28. The van der Waals surface area contributed by atoms with E-state index in [1.54, 1.807) is 12.3 Å². The van der Waals surface area contributed by atoms with E-state index in [1.165, 1.54) is 44.7 Å². The summed E-state index contributed by atoms with van der Waals surface area (Å²) in [4.78, 5) is 11.9. The molecule has 0 amide bonds. The van der Waals surface area contributed by atoms with E-state index in [4.69, 9.17) is 11.5 Å². The Morgan fingerprint density at radius 2 is 1.70 bits per heavy atom. The standard InChI is InChI=1S/C20H31N7/c1-25-12-14-27(15-13-25)18-7-10-26(11-8-18)17-4-2-16(3-5-17)20(22)23-9-6-19(21)24-20/h2-6,9,18,23H,7-8,10-15,22H2,1H3,(H2,21,24). The predicted molar refractivity (Wildman–Crippen MR) is 111 cm³/mol. The Labute approximate surface area is 161 Å². The number of nitrogens with two attached hydrogens (primary N) is 2. The van der Waals surface area contributed by atoms with Crippen LogP contribution in [0.2, 0.25) is 0 Å². The highest BCUT2D eigenvalue weighted by Gasteiger charge is 2.29. The van der Waals surface area contributed by atoms with Crippen molar-refractivity contribution >= 4 is 11.5 Å². The number of hydrogen-bond acceptors (Lipinski definition) is 7. The molecule has 1 unspecified atom stereocenters. The number of piperidine rings is 1. The fourth-order valence-electron chi connectivity index (χ4n) is 4.28. The van der Waals surface area contributed by atoms with Gasteiger partial charge in [-0.15, -0.1) is 0 Å². The van der Waals surface area contributed by atoms with Crippen molar-refractivity contribution in [3.8, 4) is 0 Å². The molecule has 0 spiro atoms. The highest BCUT2D eigenvalue weighted by Crippen LogP contribution is 2.26. The maximum atomic E-state index is 6.36. The lowest BCUT2D eigenvalue weighted by atomic mass is 10.0. The summed E-state index contributed by atoms with van der Waals surface area (Å²) >= 11 is 0. The van der Waals surface area contributed by atoms with E-state index >= 15 is 0 Å². The number of nitrogens with one attached hydrogen (secondary N) is 1. The van der Waals surface area contributed by atoms with Crippen molar-refractivity contribution in [1.82, 2.24) is 15.1 Å². The quantitative estimate of drug-likeness (QED) is 0.717. The number of anilines is 1. The number of amidine groups is 1. The third-order valence-electron chi connectivity index (χ3n) is 6.05. The molecule has 0 aromatic heterocycles. The number of benzene rings is 1. The minimum absolute atomic E-state index is 0.436. The van der Waals surface area contributed by atoms with Gasteiger partial charge in [-0.3, -0.25) is 10.6 Å². The largest absolute Gasteiger partial charge is 0.384 e. The summed E-state index contributed by atoms with van der Waals surface area (Å²) < 4.78 is 0. The Balaban J connectivity index is 1.36. The molecule has 3 aliphatic rings. The van der Waals surface area contributed by atoms with Crippen LogP contribution in [0.3, 0.4) is 0 Å². The minimum atomic E-state index is -0.980. The zero-order valence-electron chi connectivity index (χ0n) is 16.1. The summed E-state index contributed by atoms with van der Waals surface area (Å²) in [6.45, 7) is 7.02. The molecule has 7 heteroatoms. The van der Waals surface area contributed by atoms with Gasteiger partial charge in [-0.1, -0.05) is 12.1 Å². The van der Waals surface area contributed by atoms with E-state index in [2.05, 4.69) is 44.2 Å². The van der Waals surface area contributed by atoms with Crippen molar-refractivity contribution in [3.63, 3.8) is 0 Å². The monoisotopic (exact) mass is 369 g/mol. The number of hydrogen-bond donors (Lipinski definition) is 3. The average molecular weight is 370 g/mol. The van der Waals surface area contributed by atoms with Crippen LogP contribution in [0.5, 0.6) is 0 Å². The van der Waals surface area contributed by atoms with Gasteiger partial charge in [0.05, 0.1) is 0 Å². The smallest absolute Gasteiger partial charge is 0.211 e. The number of likely N-dealkylation sites (N-methyl/N-ethyl adjacent to an activating group) is 1. The van der Waals surface area contributed by atoms with Crippen molar-refractivity contribution in [2.24, 2.45) is 16.5 Å². The lowest BCUT2D eigenvalue weighted by Gasteiger charge is -2.42. The molecule has 3 aliphatic heterocycles. The van der Waals surface area contributed by atoms with Gasteiger partial charge in [0.1, 0.15) is 5.84 Å². The SMILES string of the molecule is CN1CCN(C2CCN(c3ccc(C4(N)N=C(N)C=CN4)cc3)CC2)CC1. The van der Waals surface area contributed by atoms with E-state index in [1.807, 2.05) is 12.1 Å². The van der Waals surface area contributed by atoms with Crippen LogP contribution in [0.25, 0.3) is 0 Å². The van der Waals surface area contributed by atoms with Crippen LogP contribution in [0.4, 0.5) is 5.69 Å². The summed E-state index contributed by atoms with van der Waals surface area (Å²) in [5.41, 5.74) is 14.3. The summed E-state index contributed by atoms with van der Waals surface area (Å²) in [7, 11) is 2.22. The van der Waals surface area contributed by atoms with E-state index in [0.29, 0.717) is 5.84 Å². The highest BCUT2D eigenvalue weighted by atomic mass is 15.3. The van der Waals surface area contributed by atoms with Crippen LogP contribution in [0.1, 0.15) is 18.4 Å². The molecule has 0 saturated carbocycles. The maximum absolute atomic E-state index is 6.36. The van der Waals surface area contributed by atoms with Gasteiger partial charge in [0, 0.05) is 62.8 Å². The fraction of sp³-hybridized carbons (Fsp3) is 0.550. The van der Waals surface area contributed by atoms with Crippen LogP contribution in [0.15, 0.2) is 41.5 Å². The van der Waals surface area contributed by atoms with Gasteiger partial charge in [-0.2, -0.15) is 0 Å². The molecule has 4 rings (SSSR count). The van der Waals surface area contributed by atoms with Gasteiger partial charge < -0.3 is 20.9 Å². The van der Waals surface area contributed by atoms with Gasteiger partial charge >= 0.3 is 0 Å². The number of piperazine rings is 1. The normalized spacial score (nSPS) is 28.1. The zero-order chi connectivity index (χ0) is 18.9. The van der Waals surface area contributed by atoms with E-state index in [-0.39, 0.29) is 0 Å². The first-order chi connectivity index (χ1) is 13.0. The number of nitrogens with zero attached hydrogens (tertiary/aromatic N) is 4. The Hall–Kier alpha value is -2.09. The van der Waals surface area contributed by atoms with Crippen LogP contribution in [-0.4, -0.2) is 68.0 Å². The molecule has 2 saturated heterocycles. The first-order valence-corrected chi connectivity index (χ1v) is 9.90. The van der Waals surface area contributed by atoms with Crippen molar-refractivity contribution in [3.05, 3.63) is 42.1 Å². The van der Waals surface area contributed by atoms with Crippen molar-refractivity contribution in [2.45, 2.75) is 24.7 Å². The molecule has 5 N–H and O–H groups in total. The Kier molecular flexibility index (Phi) is 5.08. The molecular formula is C20H31N7. The van der Waals surface area contributed by atoms with Gasteiger partial charge in [0.25, 0.3) is 0 Å². The van der Waals surface area contributed by atoms with Gasteiger partial charge in [-0.05, 0) is 38.1 Å². The molecule has 2 fully saturated rings. The summed E-state index contributed by atoms with van der Waals surface area (Å²) in [5, 5.41) is 3.09. The Morgan fingerprint density at radius 3 is 2.33 bits per heavy atom. The molecule has 7 nitrogen and oxygen atoms in total. The second-order valence-electron chi connectivity index (χ2n) is 7.89. The molecule has 0 bridgehead atoms. The molecule has 146 valence electrons.